The number of alkyl carbamates (subject to hydrolysis) is 1. The van der Waals surface area contributed by atoms with Crippen molar-refractivity contribution in [3.8, 4) is 0 Å². The van der Waals surface area contributed by atoms with E-state index in [1.807, 2.05) is 0 Å². The molecule has 10 nitrogen and oxygen atoms in total. The van der Waals surface area contributed by atoms with Gasteiger partial charge in [-0.1, -0.05) is 18.0 Å². The van der Waals surface area contributed by atoms with Gasteiger partial charge in [0, 0.05) is 29.9 Å². The summed E-state index contributed by atoms with van der Waals surface area (Å²) in [5.41, 5.74) is -2.69. The van der Waals surface area contributed by atoms with Crippen molar-refractivity contribution < 1.29 is 45.8 Å². The fourth-order valence-electron chi connectivity index (χ4n) is 6.17. The van der Waals surface area contributed by atoms with Crippen molar-refractivity contribution in [1.82, 2.24) is 10.6 Å². The van der Waals surface area contributed by atoms with Gasteiger partial charge in [0.25, 0.3) is 5.91 Å². The highest BCUT2D eigenvalue weighted by Crippen LogP contribution is 2.50. The third kappa shape index (κ3) is 7.77. The maximum absolute atomic E-state index is 13.9. The number of fused-ring (bicyclic) bond motifs is 2. The number of carbonyl (C=O) groups is 3. The van der Waals surface area contributed by atoms with E-state index in [-0.39, 0.29) is 40.6 Å². The monoisotopic (exact) mass is 687 g/mol. The van der Waals surface area contributed by atoms with E-state index in [0.29, 0.717) is 25.0 Å². The molecule has 4 rings (SSSR count). The van der Waals surface area contributed by atoms with Crippen LogP contribution in [0.5, 0.6) is 0 Å². The fraction of sp³-hybridized carbons (Fsp3) is 0.516. The van der Waals surface area contributed by atoms with E-state index < -0.39 is 79.5 Å². The molecule has 0 radical (unpaired) electrons. The Morgan fingerprint density at radius 1 is 1.07 bits per heavy atom. The molecule has 3 atom stereocenters. The molecule has 4 N–H and O–H groups in total. The van der Waals surface area contributed by atoms with Crippen LogP contribution in [-0.4, -0.2) is 60.5 Å². The van der Waals surface area contributed by atoms with Crippen LogP contribution in [0.4, 0.5) is 23.7 Å². The highest BCUT2D eigenvalue weighted by molar-refractivity contribution is 7.92. The lowest BCUT2D eigenvalue weighted by Crippen LogP contribution is -2.61. The number of hydrogen-bond acceptors (Lipinski definition) is 7. The van der Waals surface area contributed by atoms with Gasteiger partial charge in [-0.25, -0.2) is 26.4 Å². The molecular formula is C31H37ClF3N3O7S. The van der Waals surface area contributed by atoms with Crippen molar-refractivity contribution in [2.45, 2.75) is 87.2 Å². The molecule has 2 aliphatic carbocycles. The zero-order chi connectivity index (χ0) is 34.2. The Kier molecular flexibility index (Phi) is 10.3. The third-order valence-electron chi connectivity index (χ3n) is 8.47. The number of sulfone groups is 1. The van der Waals surface area contributed by atoms with E-state index in [2.05, 4.69) is 16.0 Å². The van der Waals surface area contributed by atoms with E-state index in [9.17, 15) is 41.1 Å². The molecule has 2 fully saturated rings. The number of benzene rings is 2. The fourth-order valence-corrected chi connectivity index (χ4v) is 8.57. The van der Waals surface area contributed by atoms with Gasteiger partial charge in [-0.3, -0.25) is 9.59 Å². The number of nitrogens with one attached hydrogen (secondary N) is 3. The number of amides is 3. The van der Waals surface area contributed by atoms with Gasteiger partial charge in [-0.15, -0.1) is 0 Å². The van der Waals surface area contributed by atoms with Crippen molar-refractivity contribution in [2.75, 3.05) is 11.9 Å². The molecular weight excluding hydrogens is 651 g/mol. The zero-order valence-corrected chi connectivity index (χ0v) is 27.3. The Balaban J connectivity index is 1.47. The summed E-state index contributed by atoms with van der Waals surface area (Å²) >= 11 is 6.30. The van der Waals surface area contributed by atoms with Gasteiger partial charge in [-0.05, 0) is 83.4 Å². The lowest BCUT2D eigenvalue weighted by Gasteiger charge is -2.51. The maximum atomic E-state index is 13.9. The molecule has 2 aromatic rings. The van der Waals surface area contributed by atoms with Gasteiger partial charge in [0.1, 0.15) is 11.6 Å². The van der Waals surface area contributed by atoms with Crippen LogP contribution < -0.4 is 16.0 Å². The van der Waals surface area contributed by atoms with E-state index in [1.54, 1.807) is 20.8 Å². The van der Waals surface area contributed by atoms with Gasteiger partial charge in [0.15, 0.2) is 27.3 Å². The molecule has 0 saturated heterocycles. The summed E-state index contributed by atoms with van der Waals surface area (Å²) in [4.78, 5) is 37.3. The van der Waals surface area contributed by atoms with Crippen LogP contribution in [0, 0.1) is 29.3 Å². The molecule has 2 aliphatic rings. The number of carbonyl (C=O) groups excluding carboxylic acids is 3. The van der Waals surface area contributed by atoms with E-state index in [0.717, 1.165) is 12.5 Å². The third-order valence-corrected chi connectivity index (χ3v) is 11.1. The number of halogens is 4. The van der Waals surface area contributed by atoms with Crippen molar-refractivity contribution >= 4 is 45.0 Å². The van der Waals surface area contributed by atoms with Crippen LogP contribution in [0.25, 0.3) is 0 Å². The summed E-state index contributed by atoms with van der Waals surface area (Å²) in [6.07, 6.45) is 1.16. The normalized spacial score (nSPS) is 23.6. The molecule has 0 heterocycles. The predicted molar refractivity (Wildman–Crippen MR) is 164 cm³/mol. The lowest BCUT2D eigenvalue weighted by atomic mass is 9.61. The zero-order valence-electron chi connectivity index (χ0n) is 25.8. The van der Waals surface area contributed by atoms with Crippen LogP contribution in [-0.2, 0) is 19.4 Å². The number of rotatable bonds is 8. The molecule has 46 heavy (non-hydrogen) atoms. The molecule has 2 bridgehead atoms. The quantitative estimate of drug-likeness (QED) is 0.281. The highest BCUT2D eigenvalue weighted by Gasteiger charge is 2.53. The maximum Gasteiger partial charge on any atom is 0.408 e. The molecule has 0 aliphatic heterocycles. The first kappa shape index (κ1) is 35.5. The summed E-state index contributed by atoms with van der Waals surface area (Å²) in [6, 6.07) is 3.75. The summed E-state index contributed by atoms with van der Waals surface area (Å²) < 4.78 is 73.5. The first-order valence-electron chi connectivity index (χ1n) is 14.8. The molecule has 0 spiro atoms. The van der Waals surface area contributed by atoms with Crippen LogP contribution in [0.15, 0.2) is 35.2 Å². The lowest BCUT2D eigenvalue weighted by molar-refractivity contribution is -0.133. The van der Waals surface area contributed by atoms with Crippen molar-refractivity contribution in [3.63, 3.8) is 0 Å². The smallest absolute Gasteiger partial charge is 0.408 e. The Morgan fingerprint density at radius 2 is 1.65 bits per heavy atom. The summed E-state index contributed by atoms with van der Waals surface area (Å²) in [5, 5.41) is 18.0. The molecule has 3 amide bonds. The minimum absolute atomic E-state index is 0.0673. The van der Waals surface area contributed by atoms with Gasteiger partial charge in [0.2, 0.25) is 5.91 Å². The van der Waals surface area contributed by atoms with Crippen LogP contribution in [0.2, 0.25) is 5.02 Å². The molecule has 2 aromatic carbocycles. The SMILES string of the molecule is C[C@H](NC(=O)OC(C)(C)C)C(=O)NCC1(O)C2CCCC1CC(S(=O)(=O)c1cc(C(=O)Nc3cc(F)c(F)c(F)c3)ccc1Cl)C2. The standard InChI is InChI=1S/C31H37ClF3N3O7S/c1-16(37-29(41)45-30(2,3)4)27(39)36-15-31(42)18-6-5-7-19(31)12-21(11-18)46(43,44)25-10-17(8-9-22(25)32)28(40)38-20-13-23(33)26(35)24(34)14-20/h8-10,13-14,16,18-19,21,42H,5-7,11-12,15H2,1-4H3,(H,36,39)(H,37,41)(H,38,40)/t16-,18?,19?,21?,31?/m0/s1. The van der Waals surface area contributed by atoms with Crippen LogP contribution >= 0.6 is 11.6 Å². The van der Waals surface area contributed by atoms with Crippen LogP contribution in [0.1, 0.15) is 70.2 Å². The number of ether oxygens (including phenoxy) is 1. The Morgan fingerprint density at radius 3 is 2.22 bits per heavy atom. The highest BCUT2D eigenvalue weighted by atomic mass is 35.5. The van der Waals surface area contributed by atoms with E-state index >= 15 is 0 Å². The Bertz CT molecular complexity index is 1600. The van der Waals surface area contributed by atoms with Crippen LogP contribution in [0.3, 0.4) is 0 Å². The average Bonchev–Trinajstić information content (AvgIpc) is 2.93. The molecule has 2 unspecified atom stereocenters. The second kappa shape index (κ2) is 13.4. The number of anilines is 1. The topological polar surface area (TPSA) is 151 Å². The minimum atomic E-state index is -4.15. The van der Waals surface area contributed by atoms with E-state index in [4.69, 9.17) is 16.3 Å². The second-order valence-corrected chi connectivity index (χ2v) is 15.5. The van der Waals surface area contributed by atoms with Crippen molar-refractivity contribution in [1.29, 1.82) is 0 Å². The molecule has 252 valence electrons. The summed E-state index contributed by atoms with van der Waals surface area (Å²) in [5.74, 6) is -7.13. The Hall–Kier alpha value is -3.36. The first-order valence-corrected chi connectivity index (χ1v) is 16.7. The minimum Gasteiger partial charge on any atom is -0.444 e. The second-order valence-electron chi connectivity index (χ2n) is 12.9. The Labute approximate surface area is 270 Å². The number of aliphatic hydroxyl groups is 1. The van der Waals surface area contributed by atoms with E-state index in [1.165, 1.54) is 19.1 Å². The summed E-state index contributed by atoms with van der Waals surface area (Å²) in [7, 11) is -4.15. The van der Waals surface area contributed by atoms with Crippen molar-refractivity contribution in [3.05, 3.63) is 58.4 Å². The first-order chi connectivity index (χ1) is 21.3. The van der Waals surface area contributed by atoms with Gasteiger partial charge in [-0.2, -0.15) is 0 Å². The van der Waals surface area contributed by atoms with Gasteiger partial charge in [0.05, 0.1) is 20.8 Å². The van der Waals surface area contributed by atoms with Crippen molar-refractivity contribution in [2.24, 2.45) is 11.8 Å². The molecule has 0 aromatic heterocycles. The average molecular weight is 688 g/mol. The van der Waals surface area contributed by atoms with Gasteiger partial charge < -0.3 is 25.8 Å². The molecule has 15 heteroatoms. The largest absolute Gasteiger partial charge is 0.444 e. The number of hydrogen-bond donors (Lipinski definition) is 4. The molecule has 2 saturated carbocycles. The predicted octanol–water partition coefficient (Wildman–Crippen LogP) is 5.12. The summed E-state index contributed by atoms with van der Waals surface area (Å²) in [6.45, 7) is 6.39. The van der Waals surface area contributed by atoms with Gasteiger partial charge >= 0.3 is 6.09 Å².